The van der Waals surface area contributed by atoms with Gasteiger partial charge in [-0.05, 0) is 26.8 Å². The fourth-order valence-corrected chi connectivity index (χ4v) is 5.17. The lowest BCUT2D eigenvalue weighted by Gasteiger charge is -2.39. The van der Waals surface area contributed by atoms with Crippen LogP contribution in [-0.4, -0.2) is 55.8 Å². The van der Waals surface area contributed by atoms with E-state index >= 15 is 0 Å². The molecular weight excluding hydrogens is 394 g/mol. The van der Waals surface area contributed by atoms with E-state index in [0.29, 0.717) is 6.07 Å². The van der Waals surface area contributed by atoms with Gasteiger partial charge in [-0.15, -0.1) is 0 Å². The fraction of sp³-hybridized carbons (Fsp3) is 0.529. The minimum absolute atomic E-state index is 0.00673. The number of amides is 1. The van der Waals surface area contributed by atoms with Crippen LogP contribution >= 0.6 is 0 Å². The third kappa shape index (κ3) is 3.44. The standard InChI is InChI=1S/C17H22F2N4O4S/c1-16(2,3)27-15(24)21-14-22-17(11-6-5-10(18)7-12(11)19)9-20-8-13(17)28(25,26)23(14)4/h5-7,13,20H,8-9H2,1-4H3,(H,21,22,24)/t13-,17+/m0/s1. The van der Waals surface area contributed by atoms with Gasteiger partial charge in [0.05, 0.1) is 0 Å². The molecule has 3 rings (SSSR count). The summed E-state index contributed by atoms with van der Waals surface area (Å²) < 4.78 is 60.0. The van der Waals surface area contributed by atoms with Gasteiger partial charge in [-0.3, -0.25) is 5.32 Å². The molecule has 0 bridgehead atoms. The molecule has 11 heteroatoms. The smallest absolute Gasteiger partial charge is 0.414 e. The molecule has 1 aromatic carbocycles. The molecule has 0 radical (unpaired) electrons. The van der Waals surface area contributed by atoms with Crippen LogP contribution in [0.3, 0.4) is 0 Å². The highest BCUT2D eigenvalue weighted by Crippen LogP contribution is 2.41. The van der Waals surface area contributed by atoms with Crippen molar-refractivity contribution < 1.29 is 26.7 Å². The Hall–Kier alpha value is -2.27. The molecule has 2 aliphatic heterocycles. The second-order valence-electron chi connectivity index (χ2n) is 7.74. The predicted octanol–water partition coefficient (Wildman–Crippen LogP) is 1.29. The normalized spacial score (nSPS) is 26.4. The van der Waals surface area contributed by atoms with Crippen LogP contribution in [-0.2, 0) is 20.3 Å². The van der Waals surface area contributed by atoms with Crippen molar-refractivity contribution in [1.29, 1.82) is 0 Å². The molecule has 1 fully saturated rings. The number of halogens is 2. The lowest BCUT2D eigenvalue weighted by atomic mass is 9.88. The quantitative estimate of drug-likeness (QED) is 0.719. The van der Waals surface area contributed by atoms with Crippen LogP contribution in [0.4, 0.5) is 13.6 Å². The van der Waals surface area contributed by atoms with Crippen LogP contribution in [0.1, 0.15) is 26.3 Å². The number of guanidine groups is 1. The molecule has 2 aliphatic rings. The largest absolute Gasteiger partial charge is 0.444 e. The minimum atomic E-state index is -4.00. The monoisotopic (exact) mass is 416 g/mol. The van der Waals surface area contributed by atoms with Crippen LogP contribution in [0.2, 0.25) is 0 Å². The number of nitrogens with one attached hydrogen (secondary N) is 2. The van der Waals surface area contributed by atoms with E-state index in [2.05, 4.69) is 15.6 Å². The fourth-order valence-electron chi connectivity index (χ4n) is 3.38. The number of rotatable bonds is 1. The van der Waals surface area contributed by atoms with Crippen molar-refractivity contribution in [2.75, 3.05) is 20.1 Å². The van der Waals surface area contributed by atoms with Crippen molar-refractivity contribution in [3.05, 3.63) is 35.4 Å². The van der Waals surface area contributed by atoms with Gasteiger partial charge in [0, 0.05) is 31.8 Å². The number of aliphatic imine (C=N–C) groups is 1. The first-order chi connectivity index (χ1) is 12.9. The van der Waals surface area contributed by atoms with E-state index in [9.17, 15) is 22.0 Å². The Labute approximate surface area is 162 Å². The van der Waals surface area contributed by atoms with Gasteiger partial charge in [-0.2, -0.15) is 0 Å². The van der Waals surface area contributed by atoms with E-state index in [1.807, 2.05) is 0 Å². The summed E-state index contributed by atoms with van der Waals surface area (Å²) in [5.41, 5.74) is -2.42. The summed E-state index contributed by atoms with van der Waals surface area (Å²) in [6.45, 7) is 5.01. The second-order valence-corrected chi connectivity index (χ2v) is 9.89. The number of hydrogen-bond acceptors (Lipinski definition) is 6. The Morgan fingerprint density at radius 3 is 2.68 bits per heavy atom. The Bertz CT molecular complexity index is 945. The molecule has 0 saturated carbocycles. The number of hydrogen-bond donors (Lipinski definition) is 2. The van der Waals surface area contributed by atoms with Gasteiger partial charge in [0.2, 0.25) is 16.0 Å². The number of fused-ring (bicyclic) bond motifs is 1. The first kappa shape index (κ1) is 20.5. The number of benzene rings is 1. The average Bonchev–Trinajstić information content (AvgIpc) is 2.96. The van der Waals surface area contributed by atoms with Crippen LogP contribution in [0, 0.1) is 11.6 Å². The second kappa shape index (κ2) is 6.66. The first-order valence-corrected chi connectivity index (χ1v) is 10.1. The number of alkyl carbamates (subject to hydrolysis) is 1. The molecule has 0 unspecified atom stereocenters. The zero-order valence-corrected chi connectivity index (χ0v) is 16.7. The summed E-state index contributed by atoms with van der Waals surface area (Å²) >= 11 is 0. The molecule has 0 aromatic heterocycles. The number of sulfonamides is 1. The van der Waals surface area contributed by atoms with Crippen molar-refractivity contribution in [2.24, 2.45) is 4.99 Å². The number of carbonyl (C=O) groups excluding carboxylic acids is 1. The van der Waals surface area contributed by atoms with E-state index in [1.54, 1.807) is 20.8 Å². The van der Waals surface area contributed by atoms with Gasteiger partial charge < -0.3 is 10.1 Å². The molecule has 28 heavy (non-hydrogen) atoms. The van der Waals surface area contributed by atoms with Crippen LogP contribution in [0.5, 0.6) is 0 Å². The summed E-state index contributed by atoms with van der Waals surface area (Å²) in [6, 6.07) is 2.91. The predicted molar refractivity (Wildman–Crippen MR) is 98.2 cm³/mol. The summed E-state index contributed by atoms with van der Waals surface area (Å²) in [7, 11) is -2.76. The van der Waals surface area contributed by atoms with Crippen molar-refractivity contribution in [3.8, 4) is 0 Å². The third-order valence-electron chi connectivity index (χ3n) is 4.61. The van der Waals surface area contributed by atoms with Crippen molar-refractivity contribution in [3.63, 3.8) is 0 Å². The van der Waals surface area contributed by atoms with E-state index < -0.39 is 44.1 Å². The minimum Gasteiger partial charge on any atom is -0.444 e. The van der Waals surface area contributed by atoms with E-state index in [-0.39, 0.29) is 24.6 Å². The SMILES string of the molecule is CN1C(NC(=O)OC(C)(C)C)=N[C@@]2(c3ccc(F)cc3F)CNC[C@@H]2S1(=O)=O. The Balaban J connectivity index is 2.11. The topological polar surface area (TPSA) is 100 Å². The maximum Gasteiger partial charge on any atom is 0.414 e. The van der Waals surface area contributed by atoms with Gasteiger partial charge in [-0.1, -0.05) is 6.07 Å². The number of carbonyl (C=O) groups is 1. The van der Waals surface area contributed by atoms with Crippen LogP contribution in [0.25, 0.3) is 0 Å². The molecule has 8 nitrogen and oxygen atoms in total. The summed E-state index contributed by atoms with van der Waals surface area (Å²) in [6.07, 6.45) is -0.896. The Kier molecular flexibility index (Phi) is 4.87. The molecule has 2 atom stereocenters. The third-order valence-corrected chi connectivity index (χ3v) is 6.82. The molecular formula is C17H22F2N4O4S. The van der Waals surface area contributed by atoms with Gasteiger partial charge in [0.15, 0.2) is 0 Å². The molecule has 1 amide bonds. The zero-order chi connectivity index (χ0) is 20.9. The van der Waals surface area contributed by atoms with Crippen LogP contribution in [0.15, 0.2) is 23.2 Å². The number of ether oxygens (including phenoxy) is 1. The summed E-state index contributed by atoms with van der Waals surface area (Å²) in [5, 5.41) is 4.13. The summed E-state index contributed by atoms with van der Waals surface area (Å²) in [5.74, 6) is -1.99. The molecule has 2 N–H and O–H groups in total. The highest BCUT2D eigenvalue weighted by Gasteiger charge is 2.57. The lowest BCUT2D eigenvalue weighted by Crippen LogP contribution is -2.59. The van der Waals surface area contributed by atoms with Crippen molar-refractivity contribution in [2.45, 2.75) is 37.2 Å². The van der Waals surface area contributed by atoms with Gasteiger partial charge in [0.1, 0.15) is 28.0 Å². The maximum absolute atomic E-state index is 14.6. The average molecular weight is 416 g/mol. The van der Waals surface area contributed by atoms with Gasteiger partial charge in [0.25, 0.3) is 0 Å². The zero-order valence-electron chi connectivity index (χ0n) is 15.9. The molecule has 2 heterocycles. The van der Waals surface area contributed by atoms with E-state index in [1.165, 1.54) is 13.1 Å². The van der Waals surface area contributed by atoms with Gasteiger partial charge in [-0.25, -0.2) is 31.3 Å². The van der Waals surface area contributed by atoms with Crippen molar-refractivity contribution >= 4 is 22.1 Å². The van der Waals surface area contributed by atoms with Crippen molar-refractivity contribution in [1.82, 2.24) is 14.9 Å². The first-order valence-electron chi connectivity index (χ1n) is 8.61. The van der Waals surface area contributed by atoms with E-state index in [4.69, 9.17) is 4.74 Å². The lowest BCUT2D eigenvalue weighted by molar-refractivity contribution is 0.0559. The maximum atomic E-state index is 14.6. The molecule has 0 aliphatic carbocycles. The highest BCUT2D eigenvalue weighted by molar-refractivity contribution is 7.90. The highest BCUT2D eigenvalue weighted by atomic mass is 32.2. The Morgan fingerprint density at radius 2 is 2.07 bits per heavy atom. The molecule has 154 valence electrons. The summed E-state index contributed by atoms with van der Waals surface area (Å²) in [4.78, 5) is 16.6. The van der Waals surface area contributed by atoms with E-state index in [0.717, 1.165) is 10.4 Å². The van der Waals surface area contributed by atoms with Crippen LogP contribution < -0.4 is 10.6 Å². The molecule has 1 saturated heterocycles. The number of nitrogens with zero attached hydrogens (tertiary/aromatic N) is 2. The molecule has 0 spiro atoms. The Morgan fingerprint density at radius 1 is 1.39 bits per heavy atom. The van der Waals surface area contributed by atoms with Gasteiger partial charge >= 0.3 is 6.09 Å². The molecule has 1 aromatic rings.